The van der Waals surface area contributed by atoms with Gasteiger partial charge >= 0.3 is 0 Å². The second-order valence-corrected chi connectivity index (χ2v) is 5.59. The van der Waals surface area contributed by atoms with E-state index in [4.69, 9.17) is 19.9 Å². The molecule has 0 aliphatic carbocycles. The summed E-state index contributed by atoms with van der Waals surface area (Å²) in [5.41, 5.74) is 5.72. The van der Waals surface area contributed by atoms with Crippen LogP contribution in [-0.2, 0) is 0 Å². The molecule has 2 rings (SSSR count). The zero-order chi connectivity index (χ0) is 17.0. The molecule has 2 aromatic carbocycles. The average molecular weight is 336 g/mol. The van der Waals surface area contributed by atoms with Crippen LogP contribution in [0.3, 0.4) is 0 Å². The highest BCUT2D eigenvalue weighted by Crippen LogP contribution is 2.43. The summed E-state index contributed by atoms with van der Waals surface area (Å²) in [4.78, 5) is 11.9. The first-order valence-electron chi connectivity index (χ1n) is 6.52. The lowest BCUT2D eigenvalue weighted by Gasteiger charge is -2.14. The number of nitrogens with two attached hydrogens (primary N) is 1. The van der Waals surface area contributed by atoms with E-state index >= 15 is 0 Å². The third-order valence-electron chi connectivity index (χ3n) is 3.07. The summed E-state index contributed by atoms with van der Waals surface area (Å²) in [6.45, 7) is 0. The van der Waals surface area contributed by atoms with Crippen LogP contribution in [0.4, 0.5) is 11.4 Å². The Morgan fingerprint density at radius 3 is 2.04 bits per heavy atom. The Morgan fingerprint density at radius 1 is 1.00 bits per heavy atom. The van der Waals surface area contributed by atoms with E-state index in [1.807, 2.05) is 0 Å². The minimum Gasteiger partial charge on any atom is -0.493 e. The van der Waals surface area contributed by atoms with Gasteiger partial charge in [-0.3, -0.25) is 10.1 Å². The quantitative estimate of drug-likeness (QED) is 0.491. The molecule has 0 bridgehead atoms. The maximum absolute atomic E-state index is 10.8. The van der Waals surface area contributed by atoms with E-state index in [0.717, 1.165) is 9.79 Å². The van der Waals surface area contributed by atoms with Crippen molar-refractivity contribution < 1.29 is 19.1 Å². The molecule has 0 heterocycles. The van der Waals surface area contributed by atoms with Crippen molar-refractivity contribution in [2.24, 2.45) is 0 Å². The Morgan fingerprint density at radius 2 is 1.61 bits per heavy atom. The van der Waals surface area contributed by atoms with E-state index in [0.29, 0.717) is 17.2 Å². The fourth-order valence-corrected chi connectivity index (χ4v) is 2.94. The monoisotopic (exact) mass is 336 g/mol. The normalized spacial score (nSPS) is 10.2. The third kappa shape index (κ3) is 3.59. The van der Waals surface area contributed by atoms with Gasteiger partial charge in [0.05, 0.1) is 26.3 Å². The summed E-state index contributed by atoms with van der Waals surface area (Å²) in [5, 5.41) is 10.8. The summed E-state index contributed by atoms with van der Waals surface area (Å²) in [6.07, 6.45) is 0. The molecule has 0 amide bonds. The summed E-state index contributed by atoms with van der Waals surface area (Å²) in [7, 11) is 4.61. The first-order chi connectivity index (χ1) is 11.0. The Kier molecular flexibility index (Phi) is 5.17. The topological polar surface area (TPSA) is 96.9 Å². The number of nitro groups is 1. The Bertz CT molecular complexity index is 711. The lowest BCUT2D eigenvalue weighted by atomic mass is 10.3. The van der Waals surface area contributed by atoms with Crippen LogP contribution >= 0.6 is 11.8 Å². The number of ether oxygens (including phenoxy) is 3. The van der Waals surface area contributed by atoms with Crippen molar-refractivity contribution in [2.45, 2.75) is 9.79 Å². The Hall–Kier alpha value is -2.61. The van der Waals surface area contributed by atoms with Gasteiger partial charge in [0.2, 0.25) is 5.75 Å². The predicted molar refractivity (Wildman–Crippen MR) is 87.7 cm³/mol. The first-order valence-corrected chi connectivity index (χ1v) is 7.33. The van der Waals surface area contributed by atoms with Crippen molar-refractivity contribution in [3.05, 3.63) is 40.4 Å². The molecule has 0 spiro atoms. The Balaban J connectivity index is 2.36. The average Bonchev–Trinajstić information content (AvgIpc) is 2.53. The van der Waals surface area contributed by atoms with Crippen LogP contribution in [0.5, 0.6) is 17.2 Å². The molecule has 2 N–H and O–H groups in total. The van der Waals surface area contributed by atoms with Crippen LogP contribution < -0.4 is 19.9 Å². The van der Waals surface area contributed by atoms with Crippen molar-refractivity contribution in [1.29, 1.82) is 0 Å². The zero-order valence-electron chi connectivity index (χ0n) is 12.9. The van der Waals surface area contributed by atoms with Crippen LogP contribution in [0.2, 0.25) is 0 Å². The van der Waals surface area contributed by atoms with Crippen LogP contribution in [0.1, 0.15) is 0 Å². The van der Waals surface area contributed by atoms with E-state index in [9.17, 15) is 10.1 Å². The van der Waals surface area contributed by atoms with Crippen molar-refractivity contribution >= 4 is 23.1 Å². The van der Waals surface area contributed by atoms with Crippen LogP contribution in [0.25, 0.3) is 0 Å². The van der Waals surface area contributed by atoms with Crippen molar-refractivity contribution in [3.63, 3.8) is 0 Å². The number of anilines is 1. The molecule has 23 heavy (non-hydrogen) atoms. The molecule has 2 aromatic rings. The predicted octanol–water partition coefficient (Wildman–Crippen LogP) is 3.35. The van der Waals surface area contributed by atoms with Gasteiger partial charge in [-0.1, -0.05) is 11.8 Å². The molecule has 122 valence electrons. The number of benzene rings is 2. The molecule has 0 radical (unpaired) electrons. The zero-order valence-corrected chi connectivity index (χ0v) is 13.7. The van der Waals surface area contributed by atoms with Gasteiger partial charge < -0.3 is 19.9 Å². The number of nitro benzene ring substituents is 1. The molecule has 0 aliphatic rings. The lowest BCUT2D eigenvalue weighted by molar-refractivity contribution is -0.383. The van der Waals surface area contributed by atoms with Gasteiger partial charge in [0.15, 0.2) is 11.5 Å². The van der Waals surface area contributed by atoms with E-state index in [2.05, 4.69) is 0 Å². The minimum atomic E-state index is -0.511. The van der Waals surface area contributed by atoms with Gasteiger partial charge in [-0.2, -0.15) is 0 Å². The van der Waals surface area contributed by atoms with Crippen molar-refractivity contribution in [3.8, 4) is 17.2 Å². The van der Waals surface area contributed by atoms with E-state index in [1.54, 1.807) is 24.3 Å². The number of hydrogen-bond acceptors (Lipinski definition) is 7. The maximum Gasteiger partial charge on any atom is 0.292 e. The van der Waals surface area contributed by atoms with Gasteiger partial charge in [-0.05, 0) is 24.3 Å². The van der Waals surface area contributed by atoms with Crippen LogP contribution in [-0.4, -0.2) is 26.3 Å². The molecule has 8 heteroatoms. The number of hydrogen-bond donors (Lipinski definition) is 1. The minimum absolute atomic E-state index is 0.112. The molecule has 0 atom stereocenters. The maximum atomic E-state index is 10.8. The molecule has 7 nitrogen and oxygen atoms in total. The largest absolute Gasteiger partial charge is 0.493 e. The second kappa shape index (κ2) is 7.10. The molecular formula is C15H16N2O5S. The number of nitrogen functional groups attached to an aromatic ring is 1. The van der Waals surface area contributed by atoms with Gasteiger partial charge in [0.25, 0.3) is 5.69 Å². The van der Waals surface area contributed by atoms with E-state index in [1.165, 1.54) is 39.2 Å². The molecule has 0 aliphatic heterocycles. The van der Waals surface area contributed by atoms with Gasteiger partial charge in [-0.15, -0.1) is 0 Å². The van der Waals surface area contributed by atoms with Gasteiger partial charge in [-0.25, -0.2) is 0 Å². The van der Waals surface area contributed by atoms with Crippen LogP contribution in [0.15, 0.2) is 40.1 Å². The SMILES string of the molecule is COc1cc(Sc2ccc([N+](=O)[O-])c(N)c2)cc(OC)c1OC. The number of rotatable bonds is 6. The number of nitrogens with zero attached hydrogens (tertiary/aromatic N) is 1. The molecule has 0 aromatic heterocycles. The third-order valence-corrected chi connectivity index (χ3v) is 4.03. The number of methoxy groups -OCH3 is 3. The first kappa shape index (κ1) is 16.8. The second-order valence-electron chi connectivity index (χ2n) is 4.44. The van der Waals surface area contributed by atoms with Gasteiger partial charge in [0, 0.05) is 15.9 Å². The highest BCUT2D eigenvalue weighted by atomic mass is 32.2. The van der Waals surface area contributed by atoms with E-state index < -0.39 is 4.92 Å². The van der Waals surface area contributed by atoms with Crippen molar-refractivity contribution in [1.82, 2.24) is 0 Å². The lowest BCUT2D eigenvalue weighted by Crippen LogP contribution is -1.96. The smallest absolute Gasteiger partial charge is 0.292 e. The summed E-state index contributed by atoms with van der Waals surface area (Å²) >= 11 is 1.38. The summed E-state index contributed by atoms with van der Waals surface area (Å²) in [6, 6.07) is 8.18. The highest BCUT2D eigenvalue weighted by Gasteiger charge is 2.15. The summed E-state index contributed by atoms with van der Waals surface area (Å²) < 4.78 is 15.9. The Labute approximate surface area is 137 Å². The van der Waals surface area contributed by atoms with Crippen LogP contribution in [0, 0.1) is 10.1 Å². The fourth-order valence-electron chi connectivity index (χ4n) is 2.01. The molecule has 0 fully saturated rings. The molecular weight excluding hydrogens is 320 g/mol. The van der Waals surface area contributed by atoms with Gasteiger partial charge in [0.1, 0.15) is 5.69 Å². The van der Waals surface area contributed by atoms with E-state index in [-0.39, 0.29) is 11.4 Å². The summed E-state index contributed by atoms with van der Waals surface area (Å²) in [5.74, 6) is 1.57. The molecule has 0 saturated heterocycles. The fraction of sp³-hybridized carbons (Fsp3) is 0.200. The van der Waals surface area contributed by atoms with Crippen molar-refractivity contribution in [2.75, 3.05) is 27.1 Å². The molecule has 0 saturated carbocycles. The highest BCUT2D eigenvalue weighted by molar-refractivity contribution is 7.99. The standard InChI is InChI=1S/C15H16N2O5S/c1-20-13-7-10(8-14(21-2)15(13)22-3)23-9-4-5-12(17(18)19)11(16)6-9/h4-8H,16H2,1-3H3. The molecule has 0 unspecified atom stereocenters.